The Bertz CT molecular complexity index is 673. The number of halogens is 1. The average molecular weight is 483 g/mol. The largest absolute Gasteiger partial charge is 0.497 e. The van der Waals surface area contributed by atoms with Gasteiger partial charge in [0.25, 0.3) is 0 Å². The molecule has 0 spiro atoms. The van der Waals surface area contributed by atoms with E-state index in [9.17, 15) is 0 Å². The lowest BCUT2D eigenvalue weighted by molar-refractivity contribution is 0.414. The molecule has 0 unspecified atom stereocenters. The molecule has 148 valence electrons. The lowest BCUT2D eigenvalue weighted by atomic mass is 10.1. The third kappa shape index (κ3) is 8.51. The third-order valence-corrected chi connectivity index (χ3v) is 4.18. The van der Waals surface area contributed by atoms with Crippen LogP contribution in [0.25, 0.3) is 0 Å². The van der Waals surface area contributed by atoms with Crippen molar-refractivity contribution in [2.75, 3.05) is 34.4 Å². The molecule has 0 heterocycles. The topological polar surface area (TPSA) is 54.9 Å². The normalized spacial score (nSPS) is 10.7. The monoisotopic (exact) mass is 483 g/mol. The van der Waals surface area contributed by atoms with E-state index in [1.807, 2.05) is 24.3 Å². The first-order valence-electron chi connectivity index (χ1n) is 8.95. The highest BCUT2D eigenvalue weighted by atomic mass is 127. The van der Waals surface area contributed by atoms with E-state index in [0.29, 0.717) is 0 Å². The lowest BCUT2D eigenvalue weighted by Crippen LogP contribution is -2.38. The van der Waals surface area contributed by atoms with Gasteiger partial charge in [-0.1, -0.05) is 24.3 Å². The summed E-state index contributed by atoms with van der Waals surface area (Å²) < 4.78 is 10.4. The fourth-order valence-electron chi connectivity index (χ4n) is 2.63. The average Bonchev–Trinajstić information content (AvgIpc) is 2.70. The zero-order valence-corrected chi connectivity index (χ0v) is 18.7. The molecule has 0 amide bonds. The first-order valence-corrected chi connectivity index (χ1v) is 8.95. The molecule has 0 saturated heterocycles. The predicted molar refractivity (Wildman–Crippen MR) is 123 cm³/mol. The van der Waals surface area contributed by atoms with Gasteiger partial charge in [0, 0.05) is 20.1 Å². The molecule has 0 aliphatic heterocycles. The zero-order valence-electron chi connectivity index (χ0n) is 16.3. The van der Waals surface area contributed by atoms with Crippen LogP contribution in [-0.4, -0.2) is 40.3 Å². The van der Waals surface area contributed by atoms with Crippen LogP contribution < -0.4 is 20.1 Å². The number of hydrogen-bond acceptors (Lipinski definition) is 3. The quantitative estimate of drug-likeness (QED) is 0.248. The molecule has 0 bridgehead atoms. The molecule has 2 N–H and O–H groups in total. The molecule has 0 saturated carbocycles. The van der Waals surface area contributed by atoms with E-state index in [0.717, 1.165) is 49.8 Å². The number of aliphatic imine (C=N–C) groups is 1. The van der Waals surface area contributed by atoms with Crippen molar-refractivity contribution in [2.45, 2.75) is 19.3 Å². The minimum Gasteiger partial charge on any atom is -0.497 e. The second kappa shape index (κ2) is 13.2. The summed E-state index contributed by atoms with van der Waals surface area (Å²) in [6.45, 7) is 1.72. The van der Waals surface area contributed by atoms with Crippen molar-refractivity contribution in [3.8, 4) is 11.5 Å². The summed E-state index contributed by atoms with van der Waals surface area (Å²) in [6, 6.07) is 16.4. The molecule has 0 radical (unpaired) electrons. The van der Waals surface area contributed by atoms with Crippen LogP contribution in [0.15, 0.2) is 53.5 Å². The maximum Gasteiger partial charge on any atom is 0.190 e. The Hall–Kier alpha value is -1.96. The van der Waals surface area contributed by atoms with Gasteiger partial charge in [0.15, 0.2) is 5.96 Å². The van der Waals surface area contributed by atoms with Crippen molar-refractivity contribution in [1.82, 2.24) is 10.6 Å². The Morgan fingerprint density at radius 1 is 0.778 bits per heavy atom. The summed E-state index contributed by atoms with van der Waals surface area (Å²) >= 11 is 0. The van der Waals surface area contributed by atoms with E-state index in [-0.39, 0.29) is 24.0 Å². The Morgan fingerprint density at radius 3 is 1.74 bits per heavy atom. The zero-order chi connectivity index (χ0) is 18.6. The Balaban J connectivity index is 0.00000364. The van der Waals surface area contributed by atoms with Crippen LogP contribution in [0.2, 0.25) is 0 Å². The second-order valence-corrected chi connectivity index (χ2v) is 5.98. The molecule has 0 atom stereocenters. The summed E-state index contributed by atoms with van der Waals surface area (Å²) in [6.07, 6.45) is 3.02. The molecule has 2 rings (SSSR count). The standard InChI is InChI=1S/C21H29N3O2.HI/c1-22-21(24-16-14-18-8-12-20(26-3)13-9-18)23-15-4-5-17-6-10-19(25-2)11-7-17;/h6-13H,4-5,14-16H2,1-3H3,(H2,22,23,24);1H. The molecule has 2 aromatic rings. The highest BCUT2D eigenvalue weighted by molar-refractivity contribution is 14.0. The first-order chi connectivity index (χ1) is 12.7. The number of nitrogens with one attached hydrogen (secondary N) is 2. The number of benzene rings is 2. The number of guanidine groups is 1. The number of rotatable bonds is 9. The van der Waals surface area contributed by atoms with Crippen molar-refractivity contribution in [3.63, 3.8) is 0 Å². The van der Waals surface area contributed by atoms with Gasteiger partial charge in [0.05, 0.1) is 14.2 Å². The van der Waals surface area contributed by atoms with Crippen molar-refractivity contribution in [1.29, 1.82) is 0 Å². The molecule has 27 heavy (non-hydrogen) atoms. The van der Waals surface area contributed by atoms with Crippen LogP contribution >= 0.6 is 24.0 Å². The summed E-state index contributed by atoms with van der Waals surface area (Å²) in [5.41, 5.74) is 2.59. The van der Waals surface area contributed by atoms with Gasteiger partial charge in [0.1, 0.15) is 11.5 Å². The molecule has 6 heteroatoms. The predicted octanol–water partition coefficient (Wildman–Crippen LogP) is 3.66. The number of ether oxygens (including phenoxy) is 2. The molecule has 0 aliphatic rings. The molecular formula is C21H30IN3O2. The Labute approximate surface area is 179 Å². The van der Waals surface area contributed by atoms with Crippen LogP contribution in [0.4, 0.5) is 0 Å². The molecule has 0 fully saturated rings. The number of methoxy groups -OCH3 is 2. The Kier molecular flexibility index (Phi) is 11.3. The third-order valence-electron chi connectivity index (χ3n) is 4.18. The summed E-state index contributed by atoms with van der Waals surface area (Å²) in [7, 11) is 5.17. The van der Waals surface area contributed by atoms with Crippen molar-refractivity contribution in [3.05, 3.63) is 59.7 Å². The van der Waals surface area contributed by atoms with E-state index in [2.05, 4.69) is 39.9 Å². The highest BCUT2D eigenvalue weighted by Gasteiger charge is 2.00. The van der Waals surface area contributed by atoms with Gasteiger partial charge in [-0.15, -0.1) is 24.0 Å². The fourth-order valence-corrected chi connectivity index (χ4v) is 2.63. The highest BCUT2D eigenvalue weighted by Crippen LogP contribution is 2.12. The smallest absolute Gasteiger partial charge is 0.190 e. The van der Waals surface area contributed by atoms with Gasteiger partial charge >= 0.3 is 0 Å². The van der Waals surface area contributed by atoms with E-state index in [1.54, 1.807) is 21.3 Å². The lowest BCUT2D eigenvalue weighted by Gasteiger charge is -2.12. The van der Waals surface area contributed by atoms with Gasteiger partial charge in [-0.3, -0.25) is 4.99 Å². The van der Waals surface area contributed by atoms with Crippen molar-refractivity contribution in [2.24, 2.45) is 4.99 Å². The molecular weight excluding hydrogens is 453 g/mol. The van der Waals surface area contributed by atoms with Gasteiger partial charge in [-0.2, -0.15) is 0 Å². The fraction of sp³-hybridized carbons (Fsp3) is 0.381. The van der Waals surface area contributed by atoms with Gasteiger partial charge in [-0.25, -0.2) is 0 Å². The maximum absolute atomic E-state index is 5.18. The van der Waals surface area contributed by atoms with Crippen LogP contribution in [0.1, 0.15) is 17.5 Å². The van der Waals surface area contributed by atoms with Gasteiger partial charge in [-0.05, 0) is 54.7 Å². The van der Waals surface area contributed by atoms with Crippen LogP contribution in [0.3, 0.4) is 0 Å². The molecule has 5 nitrogen and oxygen atoms in total. The van der Waals surface area contributed by atoms with E-state index in [4.69, 9.17) is 9.47 Å². The maximum atomic E-state index is 5.18. The van der Waals surface area contributed by atoms with Crippen LogP contribution in [-0.2, 0) is 12.8 Å². The Morgan fingerprint density at radius 2 is 1.26 bits per heavy atom. The van der Waals surface area contributed by atoms with Crippen molar-refractivity contribution >= 4 is 29.9 Å². The number of hydrogen-bond donors (Lipinski definition) is 2. The van der Waals surface area contributed by atoms with Crippen LogP contribution in [0, 0.1) is 0 Å². The summed E-state index contributed by atoms with van der Waals surface area (Å²) in [4.78, 5) is 4.27. The minimum atomic E-state index is 0. The minimum absolute atomic E-state index is 0. The van der Waals surface area contributed by atoms with Crippen molar-refractivity contribution < 1.29 is 9.47 Å². The summed E-state index contributed by atoms with van der Waals surface area (Å²) in [5.74, 6) is 2.62. The molecule has 0 aliphatic carbocycles. The van der Waals surface area contributed by atoms with E-state index in [1.165, 1.54) is 11.1 Å². The van der Waals surface area contributed by atoms with Gasteiger partial charge < -0.3 is 20.1 Å². The van der Waals surface area contributed by atoms with E-state index >= 15 is 0 Å². The molecule has 2 aromatic carbocycles. The SMILES string of the molecule is CN=C(NCCCc1ccc(OC)cc1)NCCc1ccc(OC)cc1.I. The number of aryl methyl sites for hydroxylation is 1. The first kappa shape index (κ1) is 23.1. The molecule has 0 aromatic heterocycles. The van der Waals surface area contributed by atoms with Gasteiger partial charge in [0.2, 0.25) is 0 Å². The van der Waals surface area contributed by atoms with E-state index < -0.39 is 0 Å². The number of nitrogens with zero attached hydrogens (tertiary/aromatic N) is 1. The second-order valence-electron chi connectivity index (χ2n) is 5.98. The van der Waals surface area contributed by atoms with Crippen LogP contribution in [0.5, 0.6) is 11.5 Å². The summed E-state index contributed by atoms with van der Waals surface area (Å²) in [5, 5.41) is 6.71.